The van der Waals surface area contributed by atoms with E-state index in [9.17, 15) is 8.42 Å². The molecule has 1 saturated heterocycles. The standard InChI is InChI=1S/C11H18N2O2S2/c1-8(12-2)10-7-16-11(13-10)9-3-5-17(14,15)6-4-9/h7-9,12H,3-6H2,1-2H3. The van der Waals surface area contributed by atoms with Crippen molar-refractivity contribution in [3.05, 3.63) is 16.1 Å². The quantitative estimate of drug-likeness (QED) is 0.911. The molecule has 0 saturated carbocycles. The molecule has 1 N–H and O–H groups in total. The average molecular weight is 274 g/mol. The largest absolute Gasteiger partial charge is 0.312 e. The Bertz CT molecular complexity index is 467. The number of sulfone groups is 1. The van der Waals surface area contributed by atoms with Crippen molar-refractivity contribution in [1.29, 1.82) is 0 Å². The van der Waals surface area contributed by atoms with Crippen LogP contribution in [0.15, 0.2) is 5.38 Å². The van der Waals surface area contributed by atoms with Crippen molar-refractivity contribution in [1.82, 2.24) is 10.3 Å². The van der Waals surface area contributed by atoms with Crippen LogP contribution in [0.25, 0.3) is 0 Å². The van der Waals surface area contributed by atoms with Crippen molar-refractivity contribution in [2.45, 2.75) is 31.7 Å². The van der Waals surface area contributed by atoms with Gasteiger partial charge in [-0.25, -0.2) is 13.4 Å². The van der Waals surface area contributed by atoms with Crippen molar-refractivity contribution in [2.75, 3.05) is 18.6 Å². The zero-order valence-corrected chi connectivity index (χ0v) is 11.8. The molecule has 17 heavy (non-hydrogen) atoms. The van der Waals surface area contributed by atoms with Gasteiger partial charge in [0.05, 0.1) is 22.2 Å². The molecule has 0 amide bonds. The molecule has 1 aliphatic heterocycles. The molecule has 1 aromatic rings. The summed E-state index contributed by atoms with van der Waals surface area (Å²) in [6, 6.07) is 0.257. The third kappa shape index (κ3) is 3.05. The molecule has 0 spiro atoms. The van der Waals surface area contributed by atoms with Crippen LogP contribution in [-0.2, 0) is 9.84 Å². The van der Waals surface area contributed by atoms with E-state index in [1.165, 1.54) is 0 Å². The topological polar surface area (TPSA) is 59.1 Å². The second-order valence-electron chi connectivity index (χ2n) is 4.55. The van der Waals surface area contributed by atoms with Gasteiger partial charge in [-0.1, -0.05) is 0 Å². The van der Waals surface area contributed by atoms with Crippen molar-refractivity contribution in [3.8, 4) is 0 Å². The molecule has 2 heterocycles. The maximum atomic E-state index is 11.4. The summed E-state index contributed by atoms with van der Waals surface area (Å²) < 4.78 is 22.7. The van der Waals surface area contributed by atoms with Gasteiger partial charge in [0.2, 0.25) is 0 Å². The Kier molecular flexibility index (Phi) is 3.85. The van der Waals surface area contributed by atoms with Crippen LogP contribution in [0.4, 0.5) is 0 Å². The van der Waals surface area contributed by atoms with Crippen molar-refractivity contribution in [3.63, 3.8) is 0 Å². The van der Waals surface area contributed by atoms with Crippen LogP contribution in [0.3, 0.4) is 0 Å². The number of thiazole rings is 1. The first kappa shape index (κ1) is 13.0. The van der Waals surface area contributed by atoms with E-state index in [0.717, 1.165) is 23.5 Å². The van der Waals surface area contributed by atoms with E-state index < -0.39 is 9.84 Å². The molecule has 1 aliphatic rings. The van der Waals surface area contributed by atoms with Crippen LogP contribution in [0.1, 0.15) is 42.4 Å². The summed E-state index contributed by atoms with van der Waals surface area (Å²) in [5.41, 5.74) is 1.06. The van der Waals surface area contributed by atoms with E-state index in [4.69, 9.17) is 0 Å². The van der Waals surface area contributed by atoms with E-state index in [2.05, 4.69) is 22.6 Å². The molecule has 6 heteroatoms. The summed E-state index contributed by atoms with van der Waals surface area (Å²) in [6.07, 6.45) is 1.45. The minimum Gasteiger partial charge on any atom is -0.312 e. The highest BCUT2D eigenvalue weighted by Gasteiger charge is 2.26. The van der Waals surface area contributed by atoms with Crippen molar-refractivity contribution in [2.24, 2.45) is 0 Å². The molecular weight excluding hydrogens is 256 g/mol. The molecule has 0 aliphatic carbocycles. The highest BCUT2D eigenvalue weighted by molar-refractivity contribution is 7.91. The number of rotatable bonds is 3. The van der Waals surface area contributed by atoms with Gasteiger partial charge in [0.15, 0.2) is 0 Å². The molecule has 1 atom stereocenters. The minimum atomic E-state index is -2.77. The Morgan fingerprint density at radius 3 is 2.71 bits per heavy atom. The fourth-order valence-electron chi connectivity index (χ4n) is 1.97. The fraction of sp³-hybridized carbons (Fsp3) is 0.727. The third-order valence-corrected chi connectivity index (χ3v) is 6.06. The van der Waals surface area contributed by atoms with Gasteiger partial charge in [-0.2, -0.15) is 0 Å². The first-order valence-electron chi connectivity index (χ1n) is 5.85. The van der Waals surface area contributed by atoms with Gasteiger partial charge in [-0.15, -0.1) is 11.3 Å². The van der Waals surface area contributed by atoms with Gasteiger partial charge in [-0.3, -0.25) is 0 Å². The Hall–Kier alpha value is -0.460. The van der Waals surface area contributed by atoms with Gasteiger partial charge in [0, 0.05) is 17.3 Å². The SMILES string of the molecule is CNC(C)c1csc(C2CCS(=O)(=O)CC2)n1. The predicted molar refractivity (Wildman–Crippen MR) is 70.2 cm³/mol. The summed E-state index contributed by atoms with van der Waals surface area (Å²) >= 11 is 1.65. The maximum Gasteiger partial charge on any atom is 0.150 e. The maximum absolute atomic E-state index is 11.4. The van der Waals surface area contributed by atoms with Crippen LogP contribution >= 0.6 is 11.3 Å². The first-order valence-corrected chi connectivity index (χ1v) is 8.55. The van der Waals surface area contributed by atoms with Crippen molar-refractivity contribution >= 4 is 21.2 Å². The number of nitrogens with zero attached hydrogens (tertiary/aromatic N) is 1. The smallest absolute Gasteiger partial charge is 0.150 e. The van der Waals surface area contributed by atoms with Crippen LogP contribution in [0, 0.1) is 0 Å². The normalized spacial score (nSPS) is 22.5. The van der Waals surface area contributed by atoms with Crippen LogP contribution in [0.2, 0.25) is 0 Å². The van der Waals surface area contributed by atoms with Gasteiger partial charge in [0.25, 0.3) is 0 Å². The van der Waals surface area contributed by atoms with Crippen LogP contribution in [-0.4, -0.2) is 32.0 Å². The van der Waals surface area contributed by atoms with Gasteiger partial charge in [0.1, 0.15) is 9.84 Å². The summed E-state index contributed by atoms with van der Waals surface area (Å²) in [4.78, 5) is 4.61. The first-order chi connectivity index (χ1) is 8.02. The summed E-state index contributed by atoms with van der Waals surface area (Å²) in [6.45, 7) is 2.07. The summed E-state index contributed by atoms with van der Waals surface area (Å²) in [5.74, 6) is 0.962. The highest BCUT2D eigenvalue weighted by atomic mass is 32.2. The van der Waals surface area contributed by atoms with Crippen LogP contribution in [0.5, 0.6) is 0 Å². The molecular formula is C11H18N2O2S2. The van der Waals surface area contributed by atoms with E-state index in [-0.39, 0.29) is 6.04 Å². The average Bonchev–Trinajstić information content (AvgIpc) is 2.77. The molecule has 0 aromatic carbocycles. The Labute approximate surface area is 106 Å². The highest BCUT2D eigenvalue weighted by Crippen LogP contribution is 2.32. The van der Waals surface area contributed by atoms with E-state index >= 15 is 0 Å². The number of hydrogen-bond acceptors (Lipinski definition) is 5. The Morgan fingerprint density at radius 1 is 1.47 bits per heavy atom. The lowest BCUT2D eigenvalue weighted by molar-refractivity contribution is 0.546. The fourth-order valence-corrected chi connectivity index (χ4v) is 4.55. The number of nitrogens with one attached hydrogen (secondary N) is 1. The second-order valence-corrected chi connectivity index (χ2v) is 7.74. The molecule has 1 aromatic heterocycles. The Morgan fingerprint density at radius 2 is 2.12 bits per heavy atom. The van der Waals surface area contributed by atoms with E-state index in [0.29, 0.717) is 17.4 Å². The summed E-state index contributed by atoms with van der Waals surface area (Å²) in [5, 5.41) is 6.32. The third-order valence-electron chi connectivity index (χ3n) is 3.32. The molecule has 1 unspecified atom stereocenters. The monoisotopic (exact) mass is 274 g/mol. The predicted octanol–water partition coefficient (Wildman–Crippen LogP) is 1.72. The van der Waals surface area contributed by atoms with Crippen molar-refractivity contribution < 1.29 is 8.42 Å². The molecule has 1 fully saturated rings. The number of hydrogen-bond donors (Lipinski definition) is 1. The lowest BCUT2D eigenvalue weighted by atomic mass is 10.0. The molecule has 2 rings (SSSR count). The zero-order valence-electron chi connectivity index (χ0n) is 10.1. The van der Waals surface area contributed by atoms with Gasteiger partial charge in [-0.05, 0) is 26.8 Å². The molecule has 0 bridgehead atoms. The van der Waals surface area contributed by atoms with Crippen LogP contribution < -0.4 is 5.32 Å². The van der Waals surface area contributed by atoms with E-state index in [1.807, 2.05) is 7.05 Å². The minimum absolute atomic E-state index is 0.257. The number of aromatic nitrogens is 1. The zero-order chi connectivity index (χ0) is 12.5. The van der Waals surface area contributed by atoms with E-state index in [1.54, 1.807) is 11.3 Å². The lowest BCUT2D eigenvalue weighted by Crippen LogP contribution is -2.22. The Balaban J connectivity index is 2.06. The lowest BCUT2D eigenvalue weighted by Gasteiger charge is -2.19. The van der Waals surface area contributed by atoms with Gasteiger partial charge >= 0.3 is 0 Å². The summed E-state index contributed by atoms with van der Waals surface area (Å²) in [7, 11) is -0.860. The molecule has 4 nitrogen and oxygen atoms in total. The van der Waals surface area contributed by atoms with Gasteiger partial charge < -0.3 is 5.32 Å². The molecule has 0 radical (unpaired) electrons. The molecule has 96 valence electrons. The second kappa shape index (κ2) is 5.04.